The van der Waals surface area contributed by atoms with E-state index in [9.17, 15) is 17.6 Å². The van der Waals surface area contributed by atoms with E-state index in [0.717, 1.165) is 6.26 Å². The maximum absolute atomic E-state index is 13.7. The summed E-state index contributed by atoms with van der Waals surface area (Å²) in [6, 6.07) is 5.78. The maximum atomic E-state index is 13.7. The van der Waals surface area contributed by atoms with Crippen LogP contribution in [0.5, 0.6) is 0 Å². The molecule has 1 aliphatic heterocycles. The second kappa shape index (κ2) is 11.7. The Morgan fingerprint density at radius 3 is 2.41 bits per heavy atom. The Labute approximate surface area is 230 Å². The monoisotopic (exact) mass is 563 g/mol. The molecule has 0 bridgehead atoms. The fraction of sp³-hybridized carbons (Fsp3) is 0.536. The molecule has 0 amide bonds. The Morgan fingerprint density at radius 1 is 1.21 bits per heavy atom. The van der Waals surface area contributed by atoms with Crippen molar-refractivity contribution in [3.63, 3.8) is 0 Å². The number of anilines is 1. The highest BCUT2D eigenvalue weighted by atomic mass is 32.2. The van der Waals surface area contributed by atoms with Crippen molar-refractivity contribution in [2.75, 3.05) is 11.0 Å². The fourth-order valence-electron chi connectivity index (χ4n) is 4.29. The Bertz CT molecular complexity index is 1320. The van der Waals surface area contributed by atoms with Crippen molar-refractivity contribution in [1.29, 1.82) is 0 Å². The second-order valence-corrected chi connectivity index (χ2v) is 13.2. The third-order valence-electron chi connectivity index (χ3n) is 5.59. The summed E-state index contributed by atoms with van der Waals surface area (Å²) in [5, 5.41) is 0. The van der Waals surface area contributed by atoms with Crippen LogP contribution in [0, 0.1) is 5.82 Å². The number of hydrogen-bond donors (Lipinski definition) is 1. The van der Waals surface area contributed by atoms with Crippen molar-refractivity contribution < 1.29 is 31.8 Å². The first-order chi connectivity index (χ1) is 17.9. The highest BCUT2D eigenvalue weighted by Crippen LogP contribution is 2.33. The summed E-state index contributed by atoms with van der Waals surface area (Å²) in [5.74, 6) is -1.87. The van der Waals surface area contributed by atoms with E-state index < -0.39 is 39.4 Å². The van der Waals surface area contributed by atoms with E-state index in [1.165, 1.54) is 12.1 Å². The van der Waals surface area contributed by atoms with Crippen LogP contribution in [0.3, 0.4) is 0 Å². The highest BCUT2D eigenvalue weighted by Gasteiger charge is 2.36. The molecule has 1 N–H and O–H groups in total. The quantitative estimate of drug-likeness (QED) is 0.423. The lowest BCUT2D eigenvalue weighted by molar-refractivity contribution is -0.290. The van der Waals surface area contributed by atoms with Gasteiger partial charge in [0, 0.05) is 17.5 Å². The topological polar surface area (TPSA) is 117 Å². The lowest BCUT2D eigenvalue weighted by Crippen LogP contribution is -2.45. The van der Waals surface area contributed by atoms with Gasteiger partial charge in [-0.15, -0.1) is 0 Å². The van der Waals surface area contributed by atoms with Crippen molar-refractivity contribution >= 4 is 28.0 Å². The van der Waals surface area contributed by atoms with Crippen LogP contribution in [-0.4, -0.2) is 54.2 Å². The second-order valence-electron chi connectivity index (χ2n) is 11.4. The predicted molar refractivity (Wildman–Crippen MR) is 148 cm³/mol. The molecule has 1 aromatic carbocycles. The Hall–Kier alpha value is -2.89. The number of ether oxygens (including phenoxy) is 3. The number of carbonyl (C=O) groups is 1. The minimum atomic E-state index is -3.63. The smallest absolute Gasteiger partial charge is 0.308 e. The summed E-state index contributed by atoms with van der Waals surface area (Å²) in [5.41, 5.74) is 1.68. The van der Waals surface area contributed by atoms with E-state index in [1.807, 2.05) is 46.8 Å². The summed E-state index contributed by atoms with van der Waals surface area (Å²) in [6.07, 6.45) is 4.38. The van der Waals surface area contributed by atoms with Crippen LogP contribution < -0.4 is 4.72 Å². The van der Waals surface area contributed by atoms with Gasteiger partial charge in [-0.05, 0) is 64.8 Å². The third-order valence-corrected chi connectivity index (χ3v) is 6.14. The number of rotatable bonds is 8. The molecule has 1 aromatic heterocycles. The predicted octanol–water partition coefficient (Wildman–Crippen LogP) is 5.43. The van der Waals surface area contributed by atoms with Gasteiger partial charge in [-0.2, -0.15) is 0 Å². The summed E-state index contributed by atoms with van der Waals surface area (Å²) in [7, 11) is -3.63. The molecular weight excluding hydrogens is 525 g/mol. The van der Waals surface area contributed by atoms with Crippen molar-refractivity contribution in [2.45, 2.75) is 90.8 Å². The van der Waals surface area contributed by atoms with Gasteiger partial charge in [0.2, 0.25) is 16.0 Å². The molecule has 2 heterocycles. The number of nitrogens with one attached hydrogen (secondary N) is 1. The van der Waals surface area contributed by atoms with Gasteiger partial charge in [0.1, 0.15) is 11.4 Å². The van der Waals surface area contributed by atoms with E-state index in [4.69, 9.17) is 14.2 Å². The molecule has 9 nitrogen and oxygen atoms in total. The Morgan fingerprint density at radius 2 is 1.85 bits per heavy atom. The number of esters is 1. The molecule has 0 saturated carbocycles. The van der Waals surface area contributed by atoms with Crippen LogP contribution in [0.4, 0.5) is 10.3 Å². The molecule has 1 fully saturated rings. The van der Waals surface area contributed by atoms with Gasteiger partial charge < -0.3 is 14.2 Å². The number of carbonyl (C=O) groups excluding carboxylic acids is 1. The van der Waals surface area contributed by atoms with Gasteiger partial charge >= 0.3 is 5.97 Å². The van der Waals surface area contributed by atoms with Crippen molar-refractivity contribution in [1.82, 2.24) is 9.97 Å². The lowest BCUT2D eigenvalue weighted by atomic mass is 9.97. The lowest BCUT2D eigenvalue weighted by Gasteiger charge is -2.39. The van der Waals surface area contributed by atoms with E-state index >= 15 is 0 Å². The van der Waals surface area contributed by atoms with Crippen LogP contribution in [0.1, 0.15) is 78.5 Å². The molecular formula is C28H38FN3O6S. The van der Waals surface area contributed by atoms with Crippen LogP contribution in [0.25, 0.3) is 17.3 Å². The van der Waals surface area contributed by atoms with Gasteiger partial charge in [-0.3, -0.25) is 9.52 Å². The summed E-state index contributed by atoms with van der Waals surface area (Å²) < 4.78 is 57.5. The van der Waals surface area contributed by atoms with Crippen molar-refractivity contribution in [2.24, 2.45) is 0 Å². The summed E-state index contributed by atoms with van der Waals surface area (Å²) in [4.78, 5) is 21.4. The molecule has 3 rings (SSSR count). The average molecular weight is 564 g/mol. The molecule has 1 saturated heterocycles. The van der Waals surface area contributed by atoms with Crippen molar-refractivity contribution in [3.05, 3.63) is 47.4 Å². The summed E-state index contributed by atoms with van der Waals surface area (Å²) in [6.45, 7) is 12.9. The fourth-order valence-corrected chi connectivity index (χ4v) is 4.72. The van der Waals surface area contributed by atoms with Crippen LogP contribution >= 0.6 is 0 Å². The molecule has 2 aromatic rings. The molecule has 0 radical (unpaired) electrons. The standard InChI is InChI=1S/C28H38FN3O6S/c1-17(2)24-22(25(18-9-11-19(29)12-10-18)31-26(30-24)32-39(8,34)35)14-13-20-15-21(37-28(6,7)36-20)16-23(33)38-27(3,4)5/h9-14,17,20-21H,15-16H2,1-8H3,(H,30,31,32)/t20-,21-/m1/s1. The molecule has 0 aliphatic carbocycles. The molecule has 214 valence electrons. The SMILES string of the molecule is CC(C)c1nc(NS(C)(=O)=O)nc(-c2ccc(F)cc2)c1C=C[C@@H]1C[C@H](CC(=O)OC(C)(C)C)OC(C)(C)O1. The van der Waals surface area contributed by atoms with Gasteiger partial charge in [0.05, 0.1) is 36.3 Å². The zero-order valence-corrected chi connectivity index (χ0v) is 24.6. The van der Waals surface area contributed by atoms with Crippen LogP contribution in [0.2, 0.25) is 0 Å². The molecule has 11 heteroatoms. The average Bonchev–Trinajstić information content (AvgIpc) is 2.74. The van der Waals surface area contributed by atoms with E-state index in [1.54, 1.807) is 26.0 Å². The van der Waals surface area contributed by atoms with Gasteiger partial charge in [-0.25, -0.2) is 22.8 Å². The van der Waals surface area contributed by atoms with Gasteiger partial charge in [0.25, 0.3) is 0 Å². The first-order valence-corrected chi connectivity index (χ1v) is 14.7. The van der Waals surface area contributed by atoms with E-state index in [-0.39, 0.29) is 24.3 Å². The number of halogens is 1. The Kier molecular flexibility index (Phi) is 9.19. The van der Waals surface area contributed by atoms with Crippen molar-refractivity contribution in [3.8, 4) is 11.3 Å². The first kappa shape index (κ1) is 30.6. The molecule has 2 atom stereocenters. The number of hydrogen-bond acceptors (Lipinski definition) is 8. The minimum absolute atomic E-state index is 0.0708. The third kappa shape index (κ3) is 9.36. The minimum Gasteiger partial charge on any atom is -0.460 e. The van der Waals surface area contributed by atoms with Crippen LogP contribution in [0.15, 0.2) is 30.3 Å². The van der Waals surface area contributed by atoms with Gasteiger partial charge in [0.15, 0.2) is 5.79 Å². The highest BCUT2D eigenvalue weighted by molar-refractivity contribution is 7.91. The maximum Gasteiger partial charge on any atom is 0.308 e. The number of aromatic nitrogens is 2. The zero-order valence-electron chi connectivity index (χ0n) is 23.7. The van der Waals surface area contributed by atoms with Crippen LogP contribution in [-0.2, 0) is 29.0 Å². The van der Waals surface area contributed by atoms with Gasteiger partial charge in [-0.1, -0.05) is 26.0 Å². The normalized spacial score (nSPS) is 19.8. The largest absolute Gasteiger partial charge is 0.460 e. The molecule has 1 aliphatic rings. The zero-order chi connectivity index (χ0) is 29.2. The first-order valence-electron chi connectivity index (χ1n) is 12.8. The number of sulfonamides is 1. The molecule has 0 unspecified atom stereocenters. The van der Waals surface area contributed by atoms with E-state index in [0.29, 0.717) is 28.9 Å². The number of nitrogens with zero attached hydrogens (tertiary/aromatic N) is 2. The molecule has 0 spiro atoms. The van der Waals surface area contributed by atoms with E-state index in [2.05, 4.69) is 14.7 Å². The number of benzene rings is 1. The Balaban J connectivity index is 2.00. The molecule has 39 heavy (non-hydrogen) atoms. The summed E-state index contributed by atoms with van der Waals surface area (Å²) >= 11 is 0.